The van der Waals surface area contributed by atoms with Crippen LogP contribution in [-0.4, -0.2) is 148 Å². The van der Waals surface area contributed by atoms with Gasteiger partial charge in [0.15, 0.2) is 46.0 Å². The molecule has 0 saturated carbocycles. The van der Waals surface area contributed by atoms with Crippen molar-refractivity contribution >= 4 is 93.7 Å². The van der Waals surface area contributed by atoms with Crippen molar-refractivity contribution in [2.45, 2.75) is 119 Å². The van der Waals surface area contributed by atoms with E-state index in [1.165, 1.54) is 41.4 Å². The van der Waals surface area contributed by atoms with Gasteiger partial charge in [-0.25, -0.2) is 24.0 Å². The zero-order valence-corrected chi connectivity index (χ0v) is 56.6. The number of carbonyl (C=O) groups excluding carboxylic acids is 5. The molecule has 0 radical (unpaired) electrons. The number of benzene rings is 4. The number of amides is 1. The molecule has 472 valence electrons. The molecule has 6 heterocycles. The standard InChI is InChI=1S/C20H26BrNO6.C16H20BrNO4.C15H18BrNO4.C9H9BrO4.CH4/c1-11-13(17(23)25-6)9-14(21)16-15(11)26-20(5,27-16)12-7-8-22(10-12)18(24)28-19(2,3)4;1-9-11(15(19)20-4)7-12(17)14-13(9)21-16(2,22-14)10-5-6-18(3)8-10;1-8-10(14(18)19-3)6-11(16)13-12(8)20-15(2,21-13)9-4-5-17-7-9;1-4-5(9(13)14-2)3-6(10)8(12)7(4)11;/h9,12H,7-8,10H2,1-6H3;7,10H,5-6,8H2,1-4H3;6,9,17H,4-5,7H2,1-3H3;3,11-12H,1-2H3;1H4. The number of carbonyl (C=O) groups is 5. The summed E-state index contributed by atoms with van der Waals surface area (Å²) >= 11 is 13.4. The van der Waals surface area contributed by atoms with Gasteiger partial charge in [-0.2, -0.15) is 0 Å². The van der Waals surface area contributed by atoms with Crippen molar-refractivity contribution in [2.24, 2.45) is 17.8 Å². The van der Waals surface area contributed by atoms with Crippen LogP contribution in [0.2, 0.25) is 0 Å². The SMILES string of the molecule is C.COC(=O)c1cc(Br)c(O)c(O)c1C.COC(=O)c1cc(Br)c2c(c1C)OC(C)(C1CCN(C(=O)OC(C)(C)C)C1)O2.COC(=O)c1cc(Br)c2c(c1C)OC(C)(C1CCN(C)C1)O2.COC(=O)c1cc(Br)c2c(c1C)OC(C)(C1CCNC1)O2. The lowest BCUT2D eigenvalue weighted by Gasteiger charge is -2.30. The van der Waals surface area contributed by atoms with E-state index in [1.54, 1.807) is 30.0 Å². The predicted octanol–water partition coefficient (Wildman–Crippen LogP) is 12.5. The molecule has 0 spiro atoms. The van der Waals surface area contributed by atoms with Crippen LogP contribution >= 0.6 is 63.7 Å². The number of ether oxygens (including phenoxy) is 11. The second-order valence-corrected chi connectivity index (χ2v) is 26.2. The van der Waals surface area contributed by atoms with E-state index in [9.17, 15) is 34.2 Å². The van der Waals surface area contributed by atoms with Gasteiger partial charge in [-0.3, -0.25) is 0 Å². The highest BCUT2D eigenvalue weighted by Gasteiger charge is 2.52. The highest BCUT2D eigenvalue weighted by molar-refractivity contribution is 9.11. The molecule has 21 nitrogen and oxygen atoms in total. The van der Waals surface area contributed by atoms with Crippen LogP contribution in [0.5, 0.6) is 46.0 Å². The lowest BCUT2D eigenvalue weighted by molar-refractivity contribution is -0.107. The molecule has 6 aliphatic rings. The molecule has 4 aromatic carbocycles. The van der Waals surface area contributed by atoms with Crippen LogP contribution in [0.1, 0.15) is 132 Å². The van der Waals surface area contributed by atoms with E-state index in [2.05, 4.69) is 85.7 Å². The molecule has 3 fully saturated rings. The number of hydrogen-bond donors (Lipinski definition) is 3. The van der Waals surface area contributed by atoms with Crippen LogP contribution in [0.15, 0.2) is 42.2 Å². The summed E-state index contributed by atoms with van der Waals surface area (Å²) in [5.74, 6) is -0.502. The van der Waals surface area contributed by atoms with Crippen molar-refractivity contribution in [1.82, 2.24) is 15.1 Å². The molecule has 6 unspecified atom stereocenters. The van der Waals surface area contributed by atoms with Crippen LogP contribution in [0, 0.1) is 45.4 Å². The number of methoxy groups -OCH3 is 4. The average Bonchev–Trinajstić information content (AvgIpc) is 1.69. The van der Waals surface area contributed by atoms with E-state index in [0.29, 0.717) is 83.3 Å². The molecule has 0 aromatic heterocycles. The Balaban J connectivity index is 0.000000187. The first-order valence-corrected chi connectivity index (χ1v) is 30.5. The molecular formula is C61H77Br4N3O18. The van der Waals surface area contributed by atoms with Gasteiger partial charge >= 0.3 is 30.0 Å². The third-order valence-electron chi connectivity index (χ3n) is 15.8. The van der Waals surface area contributed by atoms with Gasteiger partial charge < -0.3 is 77.4 Å². The number of phenols is 2. The first-order chi connectivity index (χ1) is 39.7. The molecule has 6 aliphatic heterocycles. The monoisotopic (exact) mass is 1460 g/mol. The highest BCUT2D eigenvalue weighted by atomic mass is 79.9. The topological polar surface area (TPSA) is 246 Å². The summed E-state index contributed by atoms with van der Waals surface area (Å²) in [6.45, 7) is 23.2. The van der Waals surface area contributed by atoms with Crippen LogP contribution in [0.25, 0.3) is 0 Å². The maximum absolute atomic E-state index is 12.4. The Kier molecular flexibility index (Phi) is 22.1. The second-order valence-electron chi connectivity index (χ2n) is 22.8. The summed E-state index contributed by atoms with van der Waals surface area (Å²) in [5.41, 5.74) is 3.52. The van der Waals surface area contributed by atoms with E-state index in [-0.39, 0.29) is 70.3 Å². The zero-order chi connectivity index (χ0) is 63.0. The first-order valence-electron chi connectivity index (χ1n) is 27.3. The number of nitrogens with zero attached hydrogens (tertiary/aromatic N) is 2. The molecule has 3 N–H and O–H groups in total. The van der Waals surface area contributed by atoms with E-state index in [4.69, 9.17) is 47.4 Å². The predicted molar refractivity (Wildman–Crippen MR) is 332 cm³/mol. The van der Waals surface area contributed by atoms with Gasteiger partial charge in [0.25, 0.3) is 17.4 Å². The second kappa shape index (κ2) is 27.3. The molecule has 10 rings (SSSR count). The molecular weight excluding hydrogens is 1380 g/mol. The normalized spacial score (nSPS) is 22.9. The minimum absolute atomic E-state index is 0. The van der Waals surface area contributed by atoms with E-state index in [0.717, 1.165) is 56.6 Å². The number of esters is 4. The minimum Gasteiger partial charge on any atom is -0.504 e. The Hall–Kier alpha value is -5.73. The molecule has 0 bridgehead atoms. The summed E-state index contributed by atoms with van der Waals surface area (Å²) in [5, 5.41) is 22.1. The van der Waals surface area contributed by atoms with Crippen molar-refractivity contribution in [3.63, 3.8) is 0 Å². The Bertz CT molecular complexity index is 3280. The number of hydrogen-bond acceptors (Lipinski definition) is 20. The van der Waals surface area contributed by atoms with Crippen molar-refractivity contribution in [2.75, 3.05) is 74.8 Å². The Morgan fingerprint density at radius 1 is 0.535 bits per heavy atom. The molecule has 86 heavy (non-hydrogen) atoms. The third-order valence-corrected chi connectivity index (χ3v) is 18.1. The van der Waals surface area contributed by atoms with Gasteiger partial charge in [0.1, 0.15) is 5.60 Å². The largest absolute Gasteiger partial charge is 0.504 e. The van der Waals surface area contributed by atoms with Crippen molar-refractivity contribution in [3.8, 4) is 46.0 Å². The van der Waals surface area contributed by atoms with Crippen molar-refractivity contribution in [1.29, 1.82) is 0 Å². The van der Waals surface area contributed by atoms with E-state index in [1.807, 2.05) is 55.4 Å². The van der Waals surface area contributed by atoms with Gasteiger partial charge in [-0.1, -0.05) is 7.43 Å². The third kappa shape index (κ3) is 14.4. The maximum Gasteiger partial charge on any atom is 0.410 e. The molecule has 4 aromatic rings. The number of halogens is 4. The van der Waals surface area contributed by atoms with Gasteiger partial charge in [-0.05, 0) is 176 Å². The van der Waals surface area contributed by atoms with Gasteiger partial charge in [0, 0.05) is 81.0 Å². The average molecular weight is 1460 g/mol. The quantitative estimate of drug-likeness (QED) is 0.0884. The lowest BCUT2D eigenvalue weighted by Crippen LogP contribution is -2.45. The highest BCUT2D eigenvalue weighted by Crippen LogP contribution is 2.54. The lowest BCUT2D eigenvalue weighted by atomic mass is 9.99. The summed E-state index contributed by atoms with van der Waals surface area (Å²) in [6, 6.07) is 6.53. The van der Waals surface area contributed by atoms with Crippen molar-refractivity contribution in [3.05, 3.63) is 86.7 Å². The van der Waals surface area contributed by atoms with Gasteiger partial charge in [0.05, 0.1) is 74.5 Å². The van der Waals surface area contributed by atoms with Crippen LogP contribution in [-0.2, 0) is 23.7 Å². The van der Waals surface area contributed by atoms with Crippen LogP contribution < -0.4 is 33.7 Å². The van der Waals surface area contributed by atoms with Gasteiger partial charge in [0.2, 0.25) is 0 Å². The van der Waals surface area contributed by atoms with E-state index >= 15 is 0 Å². The molecule has 3 saturated heterocycles. The van der Waals surface area contributed by atoms with Crippen molar-refractivity contribution < 1.29 is 86.3 Å². The summed E-state index contributed by atoms with van der Waals surface area (Å²) in [4.78, 5) is 63.3. The minimum atomic E-state index is -0.943. The molecule has 25 heteroatoms. The zero-order valence-electron chi connectivity index (χ0n) is 50.2. The Labute approximate surface area is 535 Å². The Morgan fingerprint density at radius 3 is 1.23 bits per heavy atom. The van der Waals surface area contributed by atoms with Gasteiger partial charge in [-0.15, -0.1) is 0 Å². The fraction of sp³-hybridized carbons (Fsp3) is 0.525. The fourth-order valence-corrected chi connectivity index (χ4v) is 12.6. The maximum atomic E-state index is 12.4. The number of aromatic hydroxyl groups is 2. The summed E-state index contributed by atoms with van der Waals surface area (Å²) in [7, 11) is 7.43. The van der Waals surface area contributed by atoms with E-state index < -0.39 is 34.9 Å². The number of rotatable bonds is 7. The summed E-state index contributed by atoms with van der Waals surface area (Å²) in [6.07, 6.45) is 2.43. The first kappa shape index (κ1) is 69.4. The van der Waals surface area contributed by atoms with Crippen LogP contribution in [0.4, 0.5) is 4.79 Å². The fourth-order valence-electron chi connectivity index (χ4n) is 10.7. The molecule has 6 atom stereocenters. The molecule has 0 aliphatic carbocycles. The smallest absolute Gasteiger partial charge is 0.410 e. The Morgan fingerprint density at radius 2 is 0.884 bits per heavy atom. The number of likely N-dealkylation sites (tertiary alicyclic amines) is 2. The van der Waals surface area contributed by atoms with Crippen LogP contribution in [0.3, 0.4) is 0 Å². The molecule has 1 amide bonds. The summed E-state index contributed by atoms with van der Waals surface area (Å²) < 4.78 is 63.7. The number of nitrogens with one attached hydrogen (secondary N) is 1. The number of fused-ring (bicyclic) bond motifs is 3. The number of phenolic OH excluding ortho intramolecular Hbond substituents is 2.